The number of carbonyl (C=O) groups is 2. The Morgan fingerprint density at radius 3 is 2.95 bits per heavy atom. The zero-order valence-corrected chi connectivity index (χ0v) is 11.2. The lowest BCUT2D eigenvalue weighted by atomic mass is 10.1. The zero-order chi connectivity index (χ0) is 14.8. The maximum absolute atomic E-state index is 12.6. The van der Waals surface area contributed by atoms with Gasteiger partial charge in [-0.25, -0.2) is 4.79 Å². The van der Waals surface area contributed by atoms with Crippen LogP contribution in [0, 0.1) is 0 Å². The fourth-order valence-electron chi connectivity index (χ4n) is 2.61. The average Bonchev–Trinajstić information content (AvgIpc) is 3.17. The van der Waals surface area contributed by atoms with Gasteiger partial charge in [0.05, 0.1) is 17.9 Å². The Balaban J connectivity index is 1.87. The first kappa shape index (κ1) is 13.4. The molecular weight excluding hydrogens is 272 g/mol. The summed E-state index contributed by atoms with van der Waals surface area (Å²) < 4.78 is 5.39. The number of carbonyl (C=O) groups excluding carboxylic acids is 1. The van der Waals surface area contributed by atoms with E-state index in [1.54, 1.807) is 17.2 Å². The maximum atomic E-state index is 12.6. The molecule has 1 N–H and O–H groups in total. The fraction of sp³-hybridized carbons (Fsp3) is 0.267. The normalized spacial score (nSPS) is 17.9. The van der Waals surface area contributed by atoms with Crippen LogP contribution in [0.2, 0.25) is 0 Å². The van der Waals surface area contributed by atoms with Gasteiger partial charge in [-0.05, 0) is 37.1 Å². The van der Waals surface area contributed by atoms with Crippen molar-refractivity contribution in [1.29, 1.82) is 0 Å². The molecule has 0 radical (unpaired) electrons. The topological polar surface area (TPSA) is 83.6 Å². The van der Waals surface area contributed by atoms with Crippen LogP contribution in [0.25, 0.3) is 0 Å². The minimum atomic E-state index is -1.07. The number of amides is 1. The van der Waals surface area contributed by atoms with Gasteiger partial charge in [-0.3, -0.25) is 9.78 Å². The summed E-state index contributed by atoms with van der Waals surface area (Å²) >= 11 is 0. The molecule has 6 heteroatoms. The van der Waals surface area contributed by atoms with Gasteiger partial charge in [0, 0.05) is 12.7 Å². The van der Waals surface area contributed by atoms with E-state index in [-0.39, 0.29) is 23.2 Å². The van der Waals surface area contributed by atoms with E-state index in [4.69, 9.17) is 9.52 Å². The molecule has 1 atom stereocenters. The van der Waals surface area contributed by atoms with Crippen LogP contribution in [0.4, 0.5) is 0 Å². The quantitative estimate of drug-likeness (QED) is 0.936. The van der Waals surface area contributed by atoms with Gasteiger partial charge in [0.2, 0.25) is 0 Å². The Bertz CT molecular complexity index is 666. The monoisotopic (exact) mass is 286 g/mol. The SMILES string of the molecule is O=C(O)c1ccnc(C(=O)N2CCCC2c2ccco2)c1. The fourth-order valence-corrected chi connectivity index (χ4v) is 2.61. The lowest BCUT2D eigenvalue weighted by molar-refractivity contribution is 0.0696. The molecular formula is C15H14N2O4. The number of carboxylic acids is 1. The summed E-state index contributed by atoms with van der Waals surface area (Å²) in [6.07, 6.45) is 4.64. The van der Waals surface area contributed by atoms with Crippen LogP contribution in [0.1, 0.15) is 45.5 Å². The first-order chi connectivity index (χ1) is 10.2. The Hall–Kier alpha value is -2.63. The van der Waals surface area contributed by atoms with E-state index in [2.05, 4.69) is 4.98 Å². The number of furan rings is 1. The highest BCUT2D eigenvalue weighted by molar-refractivity contribution is 5.96. The molecule has 1 saturated heterocycles. The first-order valence-electron chi connectivity index (χ1n) is 6.70. The van der Waals surface area contributed by atoms with Crippen molar-refractivity contribution in [2.75, 3.05) is 6.54 Å². The van der Waals surface area contributed by atoms with Crippen LogP contribution in [-0.4, -0.2) is 33.4 Å². The van der Waals surface area contributed by atoms with Crippen LogP contribution in [-0.2, 0) is 0 Å². The molecule has 3 heterocycles. The number of hydrogen-bond acceptors (Lipinski definition) is 4. The predicted molar refractivity (Wildman–Crippen MR) is 72.9 cm³/mol. The Kier molecular flexibility index (Phi) is 3.43. The molecule has 1 aliphatic heterocycles. The molecule has 108 valence electrons. The van der Waals surface area contributed by atoms with Crippen molar-refractivity contribution < 1.29 is 19.1 Å². The molecule has 1 unspecified atom stereocenters. The first-order valence-corrected chi connectivity index (χ1v) is 6.70. The maximum Gasteiger partial charge on any atom is 0.335 e. The van der Waals surface area contributed by atoms with Gasteiger partial charge in [0.1, 0.15) is 11.5 Å². The number of carboxylic acid groups (broad SMARTS) is 1. The van der Waals surface area contributed by atoms with Gasteiger partial charge in [-0.2, -0.15) is 0 Å². The minimum absolute atomic E-state index is 0.0575. The van der Waals surface area contributed by atoms with Crippen LogP contribution in [0.15, 0.2) is 41.1 Å². The van der Waals surface area contributed by atoms with Gasteiger partial charge < -0.3 is 14.4 Å². The summed E-state index contributed by atoms with van der Waals surface area (Å²) in [5.74, 6) is -0.595. The average molecular weight is 286 g/mol. The van der Waals surface area contributed by atoms with Crippen molar-refractivity contribution in [3.8, 4) is 0 Å². The number of hydrogen-bond donors (Lipinski definition) is 1. The van der Waals surface area contributed by atoms with E-state index in [9.17, 15) is 9.59 Å². The number of pyridine rings is 1. The summed E-state index contributed by atoms with van der Waals surface area (Å²) in [4.78, 5) is 29.2. The molecule has 0 aliphatic carbocycles. The molecule has 1 aliphatic rings. The van der Waals surface area contributed by atoms with Crippen LogP contribution in [0.3, 0.4) is 0 Å². The van der Waals surface area contributed by atoms with Crippen molar-refractivity contribution in [1.82, 2.24) is 9.88 Å². The van der Waals surface area contributed by atoms with E-state index >= 15 is 0 Å². The number of likely N-dealkylation sites (tertiary alicyclic amines) is 1. The van der Waals surface area contributed by atoms with E-state index < -0.39 is 5.97 Å². The number of aromatic carboxylic acids is 1. The van der Waals surface area contributed by atoms with Gasteiger partial charge >= 0.3 is 5.97 Å². The third-order valence-corrected chi connectivity index (χ3v) is 3.61. The molecule has 2 aromatic rings. The molecule has 1 amide bonds. The highest BCUT2D eigenvalue weighted by atomic mass is 16.4. The molecule has 0 spiro atoms. The predicted octanol–water partition coefficient (Wildman–Crippen LogP) is 2.35. The summed E-state index contributed by atoms with van der Waals surface area (Å²) in [7, 11) is 0. The van der Waals surface area contributed by atoms with Gasteiger partial charge in [0.15, 0.2) is 0 Å². The van der Waals surface area contributed by atoms with Crippen molar-refractivity contribution >= 4 is 11.9 Å². The second-order valence-corrected chi connectivity index (χ2v) is 4.91. The van der Waals surface area contributed by atoms with Crippen molar-refractivity contribution in [3.63, 3.8) is 0 Å². The lowest BCUT2D eigenvalue weighted by Crippen LogP contribution is -2.31. The van der Waals surface area contributed by atoms with E-state index in [0.717, 1.165) is 18.6 Å². The molecule has 0 aromatic carbocycles. The van der Waals surface area contributed by atoms with Crippen molar-refractivity contribution in [3.05, 3.63) is 53.7 Å². The zero-order valence-electron chi connectivity index (χ0n) is 11.2. The van der Waals surface area contributed by atoms with Crippen LogP contribution >= 0.6 is 0 Å². The number of rotatable bonds is 3. The Labute approximate surface area is 121 Å². The third-order valence-electron chi connectivity index (χ3n) is 3.61. The molecule has 21 heavy (non-hydrogen) atoms. The summed E-state index contributed by atoms with van der Waals surface area (Å²) in [5.41, 5.74) is 0.204. The second-order valence-electron chi connectivity index (χ2n) is 4.91. The highest BCUT2D eigenvalue weighted by Crippen LogP contribution is 2.33. The molecule has 3 rings (SSSR count). The molecule has 1 fully saturated rings. The standard InChI is InChI=1S/C15H14N2O4/c18-14(11-9-10(15(19)20)5-6-16-11)17-7-1-3-12(17)13-4-2-8-21-13/h2,4-6,8-9,12H,1,3,7H2,(H,19,20). The minimum Gasteiger partial charge on any atom is -0.478 e. The molecule has 6 nitrogen and oxygen atoms in total. The smallest absolute Gasteiger partial charge is 0.335 e. The molecule has 0 saturated carbocycles. The van der Waals surface area contributed by atoms with Gasteiger partial charge in [0.25, 0.3) is 5.91 Å². The number of aromatic nitrogens is 1. The molecule has 2 aromatic heterocycles. The van der Waals surface area contributed by atoms with E-state index in [1.807, 2.05) is 6.07 Å². The molecule has 0 bridgehead atoms. The van der Waals surface area contributed by atoms with Gasteiger partial charge in [-0.15, -0.1) is 0 Å². The Morgan fingerprint density at radius 1 is 1.38 bits per heavy atom. The Morgan fingerprint density at radius 2 is 2.24 bits per heavy atom. The van der Waals surface area contributed by atoms with E-state index in [1.165, 1.54) is 18.3 Å². The summed E-state index contributed by atoms with van der Waals surface area (Å²) in [6.45, 7) is 0.614. The summed E-state index contributed by atoms with van der Waals surface area (Å²) in [5, 5.41) is 8.99. The van der Waals surface area contributed by atoms with Crippen LogP contribution in [0.5, 0.6) is 0 Å². The van der Waals surface area contributed by atoms with Crippen molar-refractivity contribution in [2.45, 2.75) is 18.9 Å². The van der Waals surface area contributed by atoms with E-state index in [0.29, 0.717) is 6.54 Å². The van der Waals surface area contributed by atoms with Crippen LogP contribution < -0.4 is 0 Å². The second kappa shape index (κ2) is 5.40. The summed E-state index contributed by atoms with van der Waals surface area (Å²) in [6, 6.07) is 6.20. The number of nitrogens with zero attached hydrogens (tertiary/aromatic N) is 2. The third kappa shape index (κ3) is 2.52. The van der Waals surface area contributed by atoms with Gasteiger partial charge in [-0.1, -0.05) is 0 Å². The lowest BCUT2D eigenvalue weighted by Gasteiger charge is -2.22. The highest BCUT2D eigenvalue weighted by Gasteiger charge is 2.33. The van der Waals surface area contributed by atoms with Crippen molar-refractivity contribution in [2.24, 2.45) is 0 Å². The largest absolute Gasteiger partial charge is 0.478 e.